The molecule has 0 saturated carbocycles. The van der Waals surface area contributed by atoms with Crippen molar-refractivity contribution in [3.63, 3.8) is 0 Å². The van der Waals surface area contributed by atoms with Crippen molar-refractivity contribution >= 4 is 10.8 Å². The van der Waals surface area contributed by atoms with E-state index in [1.165, 1.54) is 16.3 Å². The standard InChI is InChI=1S/C19H24O/c1-18(2,3)16-12-19(4,5)20-17-14-9-7-6-8-13(14)10-11-15(16)17/h6-11,16H,12H2,1-5H3. The average Bonchev–Trinajstić information content (AvgIpc) is 2.35. The molecule has 0 aromatic heterocycles. The van der Waals surface area contributed by atoms with Crippen LogP contribution in [0.15, 0.2) is 36.4 Å². The number of rotatable bonds is 0. The molecule has 2 aromatic carbocycles. The molecule has 1 heteroatoms. The van der Waals surface area contributed by atoms with E-state index in [9.17, 15) is 0 Å². The van der Waals surface area contributed by atoms with Gasteiger partial charge < -0.3 is 4.74 Å². The minimum Gasteiger partial charge on any atom is -0.487 e. The molecule has 0 amide bonds. The third-order valence-corrected chi connectivity index (χ3v) is 4.40. The SMILES string of the molecule is CC1(C)CC(C(C)(C)C)c2ccc3ccccc3c2O1. The van der Waals surface area contributed by atoms with Crippen molar-refractivity contribution in [1.29, 1.82) is 0 Å². The van der Waals surface area contributed by atoms with E-state index in [4.69, 9.17) is 4.74 Å². The summed E-state index contributed by atoms with van der Waals surface area (Å²) in [5.41, 5.74) is 1.52. The molecule has 20 heavy (non-hydrogen) atoms. The number of benzene rings is 2. The second kappa shape index (κ2) is 4.25. The Morgan fingerprint density at radius 1 is 1.05 bits per heavy atom. The quantitative estimate of drug-likeness (QED) is 0.610. The fraction of sp³-hybridized carbons (Fsp3) is 0.474. The molecule has 0 saturated heterocycles. The molecule has 0 aliphatic carbocycles. The Hall–Kier alpha value is -1.50. The third kappa shape index (κ3) is 2.19. The van der Waals surface area contributed by atoms with Gasteiger partial charge in [-0.2, -0.15) is 0 Å². The molecule has 1 atom stereocenters. The summed E-state index contributed by atoms with van der Waals surface area (Å²) in [4.78, 5) is 0. The van der Waals surface area contributed by atoms with Gasteiger partial charge in [-0.25, -0.2) is 0 Å². The van der Waals surface area contributed by atoms with Gasteiger partial charge in [0.1, 0.15) is 11.4 Å². The molecule has 106 valence electrons. The Morgan fingerprint density at radius 3 is 2.45 bits per heavy atom. The van der Waals surface area contributed by atoms with Gasteiger partial charge in [0.15, 0.2) is 0 Å². The Morgan fingerprint density at radius 2 is 1.75 bits per heavy atom. The second-order valence-corrected chi connectivity index (χ2v) is 7.69. The first-order valence-corrected chi connectivity index (χ1v) is 7.49. The van der Waals surface area contributed by atoms with Crippen molar-refractivity contribution in [2.24, 2.45) is 5.41 Å². The first-order chi connectivity index (χ1) is 9.28. The van der Waals surface area contributed by atoms with Crippen molar-refractivity contribution in [3.8, 4) is 5.75 Å². The molecular weight excluding hydrogens is 244 g/mol. The number of hydrogen-bond acceptors (Lipinski definition) is 1. The van der Waals surface area contributed by atoms with E-state index in [0.29, 0.717) is 5.92 Å². The molecule has 2 aromatic rings. The first kappa shape index (κ1) is 13.5. The predicted octanol–water partition coefficient (Wildman–Crippen LogP) is 5.53. The van der Waals surface area contributed by atoms with Gasteiger partial charge in [-0.1, -0.05) is 57.2 Å². The minimum absolute atomic E-state index is 0.102. The van der Waals surface area contributed by atoms with E-state index >= 15 is 0 Å². The average molecular weight is 268 g/mol. The summed E-state index contributed by atoms with van der Waals surface area (Å²) < 4.78 is 6.36. The molecule has 1 heterocycles. The summed E-state index contributed by atoms with van der Waals surface area (Å²) in [7, 11) is 0. The molecule has 1 nitrogen and oxygen atoms in total. The maximum Gasteiger partial charge on any atom is 0.131 e. The lowest BCUT2D eigenvalue weighted by Crippen LogP contribution is -2.38. The Bertz CT molecular complexity index is 646. The summed E-state index contributed by atoms with van der Waals surface area (Å²) in [6, 6.07) is 13.0. The maximum absolute atomic E-state index is 6.36. The largest absolute Gasteiger partial charge is 0.487 e. The lowest BCUT2D eigenvalue weighted by atomic mass is 9.69. The van der Waals surface area contributed by atoms with Gasteiger partial charge in [0.25, 0.3) is 0 Å². The zero-order valence-corrected chi connectivity index (χ0v) is 13.2. The van der Waals surface area contributed by atoms with E-state index in [1.54, 1.807) is 0 Å². The monoisotopic (exact) mass is 268 g/mol. The van der Waals surface area contributed by atoms with Gasteiger partial charge in [0.2, 0.25) is 0 Å². The number of hydrogen-bond donors (Lipinski definition) is 0. The molecule has 1 unspecified atom stereocenters. The van der Waals surface area contributed by atoms with Crippen molar-refractivity contribution in [1.82, 2.24) is 0 Å². The Balaban J connectivity index is 2.27. The molecule has 1 aliphatic heterocycles. The lowest BCUT2D eigenvalue weighted by Gasteiger charge is -2.43. The highest BCUT2D eigenvalue weighted by Gasteiger charge is 2.39. The van der Waals surface area contributed by atoms with Crippen LogP contribution in [0, 0.1) is 5.41 Å². The fourth-order valence-corrected chi connectivity index (χ4v) is 3.34. The van der Waals surface area contributed by atoms with Crippen molar-refractivity contribution in [2.45, 2.75) is 52.6 Å². The molecule has 0 bridgehead atoms. The van der Waals surface area contributed by atoms with Gasteiger partial charge in [-0.15, -0.1) is 0 Å². The molecule has 0 fully saturated rings. The normalized spacial score (nSPS) is 21.4. The highest BCUT2D eigenvalue weighted by atomic mass is 16.5. The van der Waals surface area contributed by atoms with Crippen molar-refractivity contribution < 1.29 is 4.74 Å². The Kier molecular flexibility index (Phi) is 2.86. The van der Waals surface area contributed by atoms with Crippen LogP contribution in [-0.2, 0) is 0 Å². The van der Waals surface area contributed by atoms with E-state index in [1.807, 2.05) is 0 Å². The highest BCUT2D eigenvalue weighted by molar-refractivity contribution is 5.90. The zero-order valence-electron chi connectivity index (χ0n) is 13.2. The van der Waals surface area contributed by atoms with Crippen LogP contribution in [-0.4, -0.2) is 5.60 Å². The molecule has 0 radical (unpaired) electrons. The van der Waals surface area contributed by atoms with E-state index in [2.05, 4.69) is 71.0 Å². The summed E-state index contributed by atoms with van der Waals surface area (Å²) in [5.74, 6) is 1.63. The van der Waals surface area contributed by atoms with Crippen LogP contribution in [0.5, 0.6) is 5.75 Å². The fourth-order valence-electron chi connectivity index (χ4n) is 3.34. The van der Waals surface area contributed by atoms with Crippen LogP contribution >= 0.6 is 0 Å². The van der Waals surface area contributed by atoms with Gasteiger partial charge in [0, 0.05) is 5.39 Å². The summed E-state index contributed by atoms with van der Waals surface area (Å²) in [5, 5.41) is 2.50. The molecule has 0 N–H and O–H groups in total. The summed E-state index contributed by atoms with van der Waals surface area (Å²) in [6.07, 6.45) is 1.07. The van der Waals surface area contributed by atoms with E-state index < -0.39 is 0 Å². The van der Waals surface area contributed by atoms with Gasteiger partial charge in [-0.3, -0.25) is 0 Å². The smallest absolute Gasteiger partial charge is 0.131 e. The van der Waals surface area contributed by atoms with E-state index in [0.717, 1.165) is 12.2 Å². The lowest BCUT2D eigenvalue weighted by molar-refractivity contribution is 0.0521. The number of fused-ring (bicyclic) bond motifs is 3. The third-order valence-electron chi connectivity index (χ3n) is 4.40. The predicted molar refractivity (Wildman–Crippen MR) is 85.5 cm³/mol. The number of ether oxygens (including phenoxy) is 1. The molecular formula is C19H24O. The molecule has 1 aliphatic rings. The van der Waals surface area contributed by atoms with Gasteiger partial charge >= 0.3 is 0 Å². The molecule has 3 rings (SSSR count). The highest BCUT2D eigenvalue weighted by Crippen LogP contribution is 2.51. The van der Waals surface area contributed by atoms with Crippen LogP contribution in [0.4, 0.5) is 0 Å². The van der Waals surface area contributed by atoms with Crippen LogP contribution in [0.1, 0.15) is 52.5 Å². The van der Waals surface area contributed by atoms with Crippen LogP contribution in [0.25, 0.3) is 10.8 Å². The van der Waals surface area contributed by atoms with Crippen LogP contribution < -0.4 is 4.74 Å². The maximum atomic E-state index is 6.36. The van der Waals surface area contributed by atoms with Crippen LogP contribution in [0.2, 0.25) is 0 Å². The zero-order chi connectivity index (χ0) is 14.5. The summed E-state index contributed by atoms with van der Waals surface area (Å²) in [6.45, 7) is 11.4. The first-order valence-electron chi connectivity index (χ1n) is 7.49. The van der Waals surface area contributed by atoms with Gasteiger partial charge in [0.05, 0.1) is 0 Å². The topological polar surface area (TPSA) is 9.23 Å². The minimum atomic E-state index is -0.102. The van der Waals surface area contributed by atoms with E-state index in [-0.39, 0.29) is 11.0 Å². The van der Waals surface area contributed by atoms with Gasteiger partial charge in [-0.05, 0) is 42.6 Å². The van der Waals surface area contributed by atoms with Crippen LogP contribution in [0.3, 0.4) is 0 Å². The summed E-state index contributed by atoms with van der Waals surface area (Å²) >= 11 is 0. The van der Waals surface area contributed by atoms with Crippen molar-refractivity contribution in [3.05, 3.63) is 42.0 Å². The second-order valence-electron chi connectivity index (χ2n) is 7.69. The molecule has 0 spiro atoms. The van der Waals surface area contributed by atoms with Crippen molar-refractivity contribution in [2.75, 3.05) is 0 Å². The Labute approximate surface area is 122 Å².